The van der Waals surface area contributed by atoms with Gasteiger partial charge < -0.3 is 15.1 Å². The largest absolute Gasteiger partial charge is 0.368 e. The number of rotatable bonds is 5. The van der Waals surface area contributed by atoms with E-state index in [-0.39, 0.29) is 17.5 Å². The van der Waals surface area contributed by atoms with Crippen LogP contribution in [0.4, 0.5) is 17.1 Å². The van der Waals surface area contributed by atoms with Crippen LogP contribution in [0.3, 0.4) is 0 Å². The van der Waals surface area contributed by atoms with Gasteiger partial charge >= 0.3 is 0 Å². The normalized spacial score (nSPS) is 13.5. The standard InChI is InChI=1S/C24H22N4O4/c29-23(18-4-2-1-3-5-18)25-20-8-6-19(7-9-20)24(30)27-16-14-26(15-17-27)21-10-12-22(13-11-21)28(31)32/h1-13H,14-17H2,(H,25,29). The number of anilines is 2. The third-order valence-corrected chi connectivity index (χ3v) is 5.42. The molecule has 1 aliphatic heterocycles. The van der Waals surface area contributed by atoms with Gasteiger partial charge in [-0.2, -0.15) is 0 Å². The monoisotopic (exact) mass is 430 g/mol. The fraction of sp³-hybridized carbons (Fsp3) is 0.167. The van der Waals surface area contributed by atoms with Gasteiger partial charge in [-0.05, 0) is 48.5 Å². The quantitative estimate of drug-likeness (QED) is 0.491. The summed E-state index contributed by atoms with van der Waals surface area (Å²) in [7, 11) is 0. The lowest BCUT2D eigenvalue weighted by Crippen LogP contribution is -2.48. The van der Waals surface area contributed by atoms with E-state index in [2.05, 4.69) is 10.2 Å². The number of nitrogens with zero attached hydrogens (tertiary/aromatic N) is 3. The summed E-state index contributed by atoms with van der Waals surface area (Å²) in [4.78, 5) is 39.4. The summed E-state index contributed by atoms with van der Waals surface area (Å²) in [6.45, 7) is 2.41. The SMILES string of the molecule is O=C(Nc1ccc(C(=O)N2CCN(c3ccc([N+](=O)[O-])cc3)CC2)cc1)c1ccccc1. The molecule has 0 saturated carbocycles. The highest BCUT2D eigenvalue weighted by atomic mass is 16.6. The molecule has 4 rings (SSSR count). The van der Waals surface area contributed by atoms with E-state index >= 15 is 0 Å². The molecule has 0 aliphatic carbocycles. The van der Waals surface area contributed by atoms with Gasteiger partial charge in [0.2, 0.25) is 0 Å². The van der Waals surface area contributed by atoms with Crippen LogP contribution in [0, 0.1) is 10.1 Å². The average molecular weight is 430 g/mol. The maximum atomic E-state index is 12.9. The Bertz CT molecular complexity index is 1110. The molecule has 0 aromatic heterocycles. The number of nitro benzene ring substituents is 1. The highest BCUT2D eigenvalue weighted by Gasteiger charge is 2.22. The lowest BCUT2D eigenvalue weighted by Gasteiger charge is -2.36. The minimum absolute atomic E-state index is 0.0608. The van der Waals surface area contributed by atoms with Crippen LogP contribution in [0.5, 0.6) is 0 Å². The highest BCUT2D eigenvalue weighted by molar-refractivity contribution is 6.04. The number of carbonyl (C=O) groups excluding carboxylic acids is 2. The molecular formula is C24H22N4O4. The first-order valence-corrected chi connectivity index (χ1v) is 10.3. The van der Waals surface area contributed by atoms with Crippen molar-refractivity contribution in [1.29, 1.82) is 0 Å². The van der Waals surface area contributed by atoms with Crippen molar-refractivity contribution in [3.63, 3.8) is 0 Å². The predicted octanol–water partition coefficient (Wildman–Crippen LogP) is 3.81. The number of hydrogen-bond acceptors (Lipinski definition) is 5. The van der Waals surface area contributed by atoms with Crippen LogP contribution in [0.15, 0.2) is 78.9 Å². The molecule has 0 unspecified atom stereocenters. The Balaban J connectivity index is 1.33. The van der Waals surface area contributed by atoms with Crippen LogP contribution in [0.1, 0.15) is 20.7 Å². The highest BCUT2D eigenvalue weighted by Crippen LogP contribution is 2.21. The molecule has 2 amide bonds. The molecule has 1 aliphatic rings. The molecule has 3 aromatic carbocycles. The number of amides is 2. The van der Waals surface area contributed by atoms with Crippen molar-refractivity contribution in [2.45, 2.75) is 0 Å². The molecule has 32 heavy (non-hydrogen) atoms. The zero-order valence-corrected chi connectivity index (χ0v) is 17.3. The lowest BCUT2D eigenvalue weighted by atomic mass is 10.1. The van der Waals surface area contributed by atoms with Crippen LogP contribution in [0.2, 0.25) is 0 Å². The van der Waals surface area contributed by atoms with Crippen molar-refractivity contribution < 1.29 is 14.5 Å². The van der Waals surface area contributed by atoms with Crippen LogP contribution < -0.4 is 10.2 Å². The van der Waals surface area contributed by atoms with E-state index in [1.54, 1.807) is 65.6 Å². The summed E-state index contributed by atoms with van der Waals surface area (Å²) in [5.41, 5.74) is 2.72. The number of nitrogens with one attached hydrogen (secondary N) is 1. The Morgan fingerprint density at radius 1 is 0.781 bits per heavy atom. The van der Waals surface area contributed by atoms with E-state index in [4.69, 9.17) is 0 Å². The van der Waals surface area contributed by atoms with Gasteiger partial charge in [0.15, 0.2) is 0 Å². The first-order valence-electron chi connectivity index (χ1n) is 10.3. The van der Waals surface area contributed by atoms with Gasteiger partial charge in [-0.25, -0.2) is 0 Å². The van der Waals surface area contributed by atoms with Gasteiger partial charge in [0.05, 0.1) is 4.92 Å². The molecule has 0 spiro atoms. The lowest BCUT2D eigenvalue weighted by molar-refractivity contribution is -0.384. The predicted molar refractivity (Wildman–Crippen MR) is 122 cm³/mol. The molecule has 1 saturated heterocycles. The Morgan fingerprint density at radius 2 is 1.41 bits per heavy atom. The zero-order valence-electron chi connectivity index (χ0n) is 17.3. The molecule has 162 valence electrons. The van der Waals surface area contributed by atoms with E-state index in [0.29, 0.717) is 43.0 Å². The molecule has 0 atom stereocenters. The fourth-order valence-electron chi connectivity index (χ4n) is 3.62. The fourth-order valence-corrected chi connectivity index (χ4v) is 3.62. The number of nitro groups is 1. The summed E-state index contributed by atoms with van der Waals surface area (Å²) in [6.07, 6.45) is 0. The maximum Gasteiger partial charge on any atom is 0.269 e. The van der Waals surface area contributed by atoms with Gasteiger partial charge in [-0.1, -0.05) is 18.2 Å². The van der Waals surface area contributed by atoms with Crippen LogP contribution >= 0.6 is 0 Å². The summed E-state index contributed by atoms with van der Waals surface area (Å²) in [5, 5.41) is 13.6. The average Bonchev–Trinajstić information content (AvgIpc) is 2.85. The first-order chi connectivity index (χ1) is 15.5. The summed E-state index contributed by atoms with van der Waals surface area (Å²) >= 11 is 0. The number of piperazine rings is 1. The summed E-state index contributed by atoms with van der Waals surface area (Å²) in [5.74, 6) is -0.263. The van der Waals surface area contributed by atoms with Crippen molar-refractivity contribution in [2.24, 2.45) is 0 Å². The Hall–Kier alpha value is -4.20. The van der Waals surface area contributed by atoms with Gasteiger partial charge in [0, 0.05) is 60.8 Å². The van der Waals surface area contributed by atoms with E-state index in [1.165, 1.54) is 12.1 Å². The van der Waals surface area contributed by atoms with E-state index in [1.807, 2.05) is 6.07 Å². The number of hydrogen-bond donors (Lipinski definition) is 1. The Morgan fingerprint density at radius 3 is 2.00 bits per heavy atom. The molecular weight excluding hydrogens is 408 g/mol. The van der Waals surface area contributed by atoms with Crippen molar-refractivity contribution in [3.8, 4) is 0 Å². The maximum absolute atomic E-state index is 12.9. The summed E-state index contributed by atoms with van der Waals surface area (Å²) < 4.78 is 0. The van der Waals surface area contributed by atoms with Crippen LogP contribution in [-0.4, -0.2) is 47.8 Å². The zero-order chi connectivity index (χ0) is 22.5. The topological polar surface area (TPSA) is 95.8 Å². The van der Waals surface area contributed by atoms with Crippen molar-refractivity contribution in [1.82, 2.24) is 4.90 Å². The van der Waals surface area contributed by atoms with E-state index in [0.717, 1.165) is 5.69 Å². The molecule has 1 heterocycles. The van der Waals surface area contributed by atoms with Crippen molar-refractivity contribution in [2.75, 3.05) is 36.4 Å². The number of carbonyl (C=O) groups is 2. The molecule has 0 bridgehead atoms. The Labute approximate surface area is 185 Å². The minimum atomic E-state index is -0.418. The molecule has 8 heteroatoms. The molecule has 0 radical (unpaired) electrons. The third kappa shape index (κ3) is 4.75. The second kappa shape index (κ2) is 9.30. The van der Waals surface area contributed by atoms with Crippen molar-refractivity contribution >= 4 is 28.9 Å². The molecule has 1 N–H and O–H groups in total. The van der Waals surface area contributed by atoms with Gasteiger partial charge in [-0.15, -0.1) is 0 Å². The van der Waals surface area contributed by atoms with Crippen LogP contribution in [0.25, 0.3) is 0 Å². The molecule has 1 fully saturated rings. The first kappa shape index (κ1) is 21.0. The second-order valence-corrected chi connectivity index (χ2v) is 7.45. The second-order valence-electron chi connectivity index (χ2n) is 7.45. The van der Waals surface area contributed by atoms with E-state index in [9.17, 15) is 19.7 Å². The van der Waals surface area contributed by atoms with Gasteiger partial charge in [0.1, 0.15) is 0 Å². The summed E-state index contributed by atoms with van der Waals surface area (Å²) in [6, 6.07) is 22.3. The van der Waals surface area contributed by atoms with Gasteiger partial charge in [-0.3, -0.25) is 19.7 Å². The Kier molecular flexibility index (Phi) is 6.12. The minimum Gasteiger partial charge on any atom is -0.368 e. The van der Waals surface area contributed by atoms with E-state index < -0.39 is 4.92 Å². The molecule has 8 nitrogen and oxygen atoms in total. The number of benzene rings is 3. The van der Waals surface area contributed by atoms with Gasteiger partial charge in [0.25, 0.3) is 17.5 Å². The van der Waals surface area contributed by atoms with Crippen molar-refractivity contribution in [3.05, 3.63) is 100 Å². The molecule has 3 aromatic rings. The number of non-ortho nitro benzene ring substituents is 1. The smallest absolute Gasteiger partial charge is 0.269 e. The van der Waals surface area contributed by atoms with Crippen LogP contribution in [-0.2, 0) is 0 Å². The third-order valence-electron chi connectivity index (χ3n) is 5.42.